The van der Waals surface area contributed by atoms with E-state index in [4.69, 9.17) is 9.47 Å². The van der Waals surface area contributed by atoms with Crippen molar-refractivity contribution in [1.82, 2.24) is 4.90 Å². The van der Waals surface area contributed by atoms with Crippen LogP contribution in [0.1, 0.15) is 37.3 Å². The Bertz CT molecular complexity index is 465. The molecule has 1 aromatic rings. The maximum absolute atomic E-state index is 12.5. The molecule has 2 aliphatic rings. The largest absolute Gasteiger partial charge is 0.497 e. The lowest BCUT2D eigenvalue weighted by molar-refractivity contribution is -0.141. The van der Waals surface area contributed by atoms with Crippen molar-refractivity contribution in [2.45, 2.75) is 37.8 Å². The van der Waals surface area contributed by atoms with Crippen LogP contribution in [0.15, 0.2) is 24.3 Å². The lowest BCUT2D eigenvalue weighted by Crippen LogP contribution is -2.38. The molecule has 2 unspecified atom stereocenters. The third kappa shape index (κ3) is 2.52. The molecule has 1 amide bonds. The van der Waals surface area contributed by atoms with E-state index in [0.29, 0.717) is 0 Å². The van der Waals surface area contributed by atoms with Crippen LogP contribution in [0.3, 0.4) is 0 Å². The van der Waals surface area contributed by atoms with Crippen LogP contribution >= 0.6 is 0 Å². The maximum Gasteiger partial charge on any atom is 0.252 e. The summed E-state index contributed by atoms with van der Waals surface area (Å²) < 4.78 is 10.7. The van der Waals surface area contributed by atoms with Crippen molar-refractivity contribution in [3.05, 3.63) is 29.8 Å². The molecule has 0 radical (unpaired) electrons. The predicted octanol–water partition coefficient (Wildman–Crippen LogP) is 2.54. The van der Waals surface area contributed by atoms with E-state index in [0.717, 1.165) is 44.6 Å². The summed E-state index contributed by atoms with van der Waals surface area (Å²) in [5.74, 6) is 1.02. The summed E-state index contributed by atoms with van der Waals surface area (Å²) in [6, 6.07) is 8.23. The van der Waals surface area contributed by atoms with Gasteiger partial charge in [-0.25, -0.2) is 0 Å². The van der Waals surface area contributed by atoms with Gasteiger partial charge >= 0.3 is 0 Å². The van der Waals surface area contributed by atoms with Crippen molar-refractivity contribution >= 4 is 5.91 Å². The first-order chi connectivity index (χ1) is 9.79. The summed E-state index contributed by atoms with van der Waals surface area (Å²) >= 11 is 0. The maximum atomic E-state index is 12.5. The second kappa shape index (κ2) is 5.83. The van der Waals surface area contributed by atoms with E-state index < -0.39 is 0 Å². The lowest BCUT2D eigenvalue weighted by Gasteiger charge is -2.27. The minimum atomic E-state index is -0.214. The van der Waals surface area contributed by atoms with Crippen LogP contribution in [0.5, 0.6) is 5.75 Å². The quantitative estimate of drug-likeness (QED) is 0.851. The Balaban J connectivity index is 1.75. The van der Waals surface area contributed by atoms with E-state index in [2.05, 4.69) is 12.1 Å². The van der Waals surface area contributed by atoms with Crippen LogP contribution < -0.4 is 4.74 Å². The number of carbonyl (C=O) groups excluding carboxylic acids is 1. The minimum absolute atomic E-state index is 0.167. The summed E-state index contributed by atoms with van der Waals surface area (Å²) in [6.45, 7) is 1.56. The van der Waals surface area contributed by atoms with Crippen LogP contribution in [-0.2, 0) is 9.53 Å². The van der Waals surface area contributed by atoms with Crippen LogP contribution in [0.2, 0.25) is 0 Å². The molecule has 2 aliphatic heterocycles. The van der Waals surface area contributed by atoms with Gasteiger partial charge in [0, 0.05) is 13.2 Å². The number of hydrogen-bond donors (Lipinski definition) is 0. The Morgan fingerprint density at radius 1 is 1.25 bits per heavy atom. The van der Waals surface area contributed by atoms with E-state index >= 15 is 0 Å². The van der Waals surface area contributed by atoms with Gasteiger partial charge in [-0.3, -0.25) is 4.79 Å². The number of hydrogen-bond acceptors (Lipinski definition) is 3. The van der Waals surface area contributed by atoms with Gasteiger partial charge in [-0.15, -0.1) is 0 Å². The highest BCUT2D eigenvalue weighted by Gasteiger charge is 2.35. The number of methoxy groups -OCH3 is 1. The topological polar surface area (TPSA) is 38.8 Å². The van der Waals surface area contributed by atoms with Gasteiger partial charge in [0.25, 0.3) is 5.91 Å². The molecule has 0 saturated carbocycles. The van der Waals surface area contributed by atoms with Crippen LogP contribution in [-0.4, -0.2) is 37.2 Å². The van der Waals surface area contributed by atoms with Crippen LogP contribution in [0, 0.1) is 0 Å². The van der Waals surface area contributed by atoms with Gasteiger partial charge in [0.15, 0.2) is 0 Å². The van der Waals surface area contributed by atoms with Crippen molar-refractivity contribution in [3.8, 4) is 5.75 Å². The number of rotatable bonds is 3. The Morgan fingerprint density at radius 2 is 2.05 bits per heavy atom. The van der Waals surface area contributed by atoms with Crippen molar-refractivity contribution < 1.29 is 14.3 Å². The Labute approximate surface area is 119 Å². The molecule has 0 bridgehead atoms. The molecule has 3 rings (SSSR count). The molecule has 1 aromatic carbocycles. The molecule has 20 heavy (non-hydrogen) atoms. The van der Waals surface area contributed by atoms with E-state index in [-0.39, 0.29) is 18.1 Å². The predicted molar refractivity (Wildman–Crippen MR) is 75.7 cm³/mol. The third-order valence-corrected chi connectivity index (χ3v) is 4.24. The summed E-state index contributed by atoms with van der Waals surface area (Å²) in [4.78, 5) is 14.5. The number of carbonyl (C=O) groups is 1. The molecule has 2 atom stereocenters. The highest BCUT2D eigenvalue weighted by atomic mass is 16.5. The van der Waals surface area contributed by atoms with Gasteiger partial charge in [-0.1, -0.05) is 12.1 Å². The second-order valence-electron chi connectivity index (χ2n) is 5.46. The number of nitrogens with zero attached hydrogens (tertiary/aromatic N) is 1. The van der Waals surface area contributed by atoms with Gasteiger partial charge in [-0.2, -0.15) is 0 Å². The average Bonchev–Trinajstić information content (AvgIpc) is 3.18. The SMILES string of the molecule is COc1ccc(C2CCCN2C(=O)C2CCCO2)cc1. The van der Waals surface area contributed by atoms with E-state index in [1.807, 2.05) is 17.0 Å². The molecule has 4 heteroatoms. The fourth-order valence-electron chi connectivity index (χ4n) is 3.16. The zero-order valence-electron chi connectivity index (χ0n) is 11.9. The summed E-state index contributed by atoms with van der Waals surface area (Å²) in [6.07, 6.45) is 3.75. The van der Waals surface area contributed by atoms with Crippen molar-refractivity contribution in [2.24, 2.45) is 0 Å². The van der Waals surface area contributed by atoms with Gasteiger partial charge in [0.1, 0.15) is 11.9 Å². The summed E-state index contributed by atoms with van der Waals surface area (Å²) in [5.41, 5.74) is 1.19. The zero-order valence-corrected chi connectivity index (χ0v) is 11.9. The molecule has 2 saturated heterocycles. The van der Waals surface area contributed by atoms with E-state index in [9.17, 15) is 4.79 Å². The number of ether oxygens (including phenoxy) is 2. The van der Waals surface area contributed by atoms with Gasteiger partial charge in [-0.05, 0) is 43.4 Å². The minimum Gasteiger partial charge on any atom is -0.497 e. The first-order valence-corrected chi connectivity index (χ1v) is 7.35. The highest BCUT2D eigenvalue weighted by molar-refractivity contribution is 5.82. The fourth-order valence-corrected chi connectivity index (χ4v) is 3.16. The third-order valence-electron chi connectivity index (χ3n) is 4.24. The smallest absolute Gasteiger partial charge is 0.252 e. The summed E-state index contributed by atoms with van der Waals surface area (Å²) in [5, 5.41) is 0. The van der Waals surface area contributed by atoms with Crippen LogP contribution in [0.25, 0.3) is 0 Å². The van der Waals surface area contributed by atoms with Crippen molar-refractivity contribution in [1.29, 1.82) is 0 Å². The Morgan fingerprint density at radius 3 is 2.70 bits per heavy atom. The molecule has 4 nitrogen and oxygen atoms in total. The van der Waals surface area contributed by atoms with Gasteiger partial charge in [0.2, 0.25) is 0 Å². The standard InChI is InChI=1S/C16H21NO3/c1-19-13-8-6-12(7-9-13)14-4-2-10-17(14)16(18)15-5-3-11-20-15/h6-9,14-15H,2-5,10-11H2,1H3. The van der Waals surface area contributed by atoms with Gasteiger partial charge < -0.3 is 14.4 Å². The molecule has 0 spiro atoms. The molecule has 0 N–H and O–H groups in total. The fraction of sp³-hybridized carbons (Fsp3) is 0.562. The second-order valence-corrected chi connectivity index (χ2v) is 5.46. The van der Waals surface area contributed by atoms with Crippen molar-refractivity contribution in [3.63, 3.8) is 0 Å². The number of amides is 1. The van der Waals surface area contributed by atoms with Crippen molar-refractivity contribution in [2.75, 3.05) is 20.3 Å². The van der Waals surface area contributed by atoms with E-state index in [1.54, 1.807) is 7.11 Å². The van der Waals surface area contributed by atoms with E-state index in [1.165, 1.54) is 5.56 Å². The molecule has 0 aliphatic carbocycles. The Kier molecular flexibility index (Phi) is 3.92. The Hall–Kier alpha value is -1.55. The zero-order chi connectivity index (χ0) is 13.9. The molecular formula is C16H21NO3. The lowest BCUT2D eigenvalue weighted by atomic mass is 10.0. The molecule has 2 heterocycles. The highest BCUT2D eigenvalue weighted by Crippen LogP contribution is 2.34. The number of likely N-dealkylation sites (tertiary alicyclic amines) is 1. The van der Waals surface area contributed by atoms with Crippen LogP contribution in [0.4, 0.5) is 0 Å². The molecule has 0 aromatic heterocycles. The summed E-state index contributed by atoms with van der Waals surface area (Å²) in [7, 11) is 1.66. The molecule has 108 valence electrons. The van der Waals surface area contributed by atoms with Gasteiger partial charge in [0.05, 0.1) is 13.2 Å². The first kappa shape index (κ1) is 13.4. The molecular weight excluding hydrogens is 254 g/mol. The first-order valence-electron chi connectivity index (χ1n) is 7.35. The number of benzene rings is 1. The monoisotopic (exact) mass is 275 g/mol. The normalized spacial score (nSPS) is 25.9. The molecule has 2 fully saturated rings. The average molecular weight is 275 g/mol.